The summed E-state index contributed by atoms with van der Waals surface area (Å²) < 4.78 is 12.6. The Morgan fingerprint density at radius 1 is 1.27 bits per heavy atom. The van der Waals surface area contributed by atoms with Crippen LogP contribution in [0.2, 0.25) is 0 Å². The van der Waals surface area contributed by atoms with E-state index in [9.17, 15) is 19.1 Å². The third-order valence-electron chi connectivity index (χ3n) is 3.26. The molecule has 1 rings (SSSR count). The van der Waals surface area contributed by atoms with Gasteiger partial charge in [0.05, 0.1) is 12.7 Å². The molecule has 2 N–H and O–H groups in total. The van der Waals surface area contributed by atoms with Gasteiger partial charge in [0.25, 0.3) is 0 Å². The molecule has 1 aromatic rings. The Balaban J connectivity index is 3.12. The standard InChI is InChI=1S/C14H26N3O4P/c1-13(2,3)7-10(12(18)14(4,5)6)9-17-11(8-15-16-17)22(19,20)21/h8,10H,7,9H2,1-6H3,(H2,19,20,21)/t10-/m0/s1. The Bertz CT molecular complexity index is 578. The average Bonchev–Trinajstić information content (AvgIpc) is 2.71. The van der Waals surface area contributed by atoms with Crippen LogP contribution in [0.4, 0.5) is 0 Å². The zero-order chi connectivity index (χ0) is 17.3. The SMILES string of the molecule is CC(C)(C)C[C@@H](Cn1nncc1P(=O)(O)O)C(=O)C(C)(C)C. The molecule has 126 valence electrons. The highest BCUT2D eigenvalue weighted by molar-refractivity contribution is 7.60. The second kappa shape index (κ2) is 6.22. The predicted octanol–water partition coefficient (Wildman–Crippen LogP) is 1.75. The molecule has 0 aliphatic carbocycles. The minimum absolute atomic E-state index is 0.0505. The monoisotopic (exact) mass is 331 g/mol. The molecule has 0 aliphatic heterocycles. The van der Waals surface area contributed by atoms with Crippen LogP contribution < -0.4 is 5.44 Å². The highest BCUT2D eigenvalue weighted by atomic mass is 31.2. The maximum absolute atomic E-state index is 12.7. The summed E-state index contributed by atoms with van der Waals surface area (Å²) in [7, 11) is -4.46. The molecule has 1 aromatic heterocycles. The fraction of sp³-hybridized carbons (Fsp3) is 0.786. The molecule has 0 fully saturated rings. The van der Waals surface area contributed by atoms with Crippen LogP contribution >= 0.6 is 7.60 Å². The van der Waals surface area contributed by atoms with Crippen molar-refractivity contribution in [1.29, 1.82) is 0 Å². The van der Waals surface area contributed by atoms with E-state index in [4.69, 9.17) is 0 Å². The van der Waals surface area contributed by atoms with Crippen LogP contribution in [0.25, 0.3) is 0 Å². The van der Waals surface area contributed by atoms with Crippen molar-refractivity contribution in [3.05, 3.63) is 6.20 Å². The minimum atomic E-state index is -4.46. The minimum Gasteiger partial charge on any atom is -0.320 e. The average molecular weight is 331 g/mol. The van der Waals surface area contributed by atoms with Crippen molar-refractivity contribution in [1.82, 2.24) is 15.0 Å². The van der Waals surface area contributed by atoms with Crippen LogP contribution in [0.15, 0.2) is 6.20 Å². The number of carbonyl (C=O) groups excluding carboxylic acids is 1. The van der Waals surface area contributed by atoms with E-state index in [0.29, 0.717) is 6.42 Å². The number of aromatic nitrogens is 3. The van der Waals surface area contributed by atoms with Crippen LogP contribution in [0.1, 0.15) is 48.0 Å². The topological polar surface area (TPSA) is 105 Å². The van der Waals surface area contributed by atoms with Gasteiger partial charge in [0.2, 0.25) is 0 Å². The lowest BCUT2D eigenvalue weighted by Gasteiger charge is -2.30. The molecule has 0 bridgehead atoms. The molecule has 1 heterocycles. The molecule has 0 saturated carbocycles. The van der Waals surface area contributed by atoms with Crippen molar-refractivity contribution < 1.29 is 19.1 Å². The molecule has 7 nitrogen and oxygen atoms in total. The molecule has 0 aromatic carbocycles. The van der Waals surface area contributed by atoms with Crippen LogP contribution in [0.5, 0.6) is 0 Å². The van der Waals surface area contributed by atoms with E-state index in [1.165, 1.54) is 0 Å². The Morgan fingerprint density at radius 3 is 2.23 bits per heavy atom. The summed E-state index contributed by atoms with van der Waals surface area (Å²) in [6.07, 6.45) is 1.65. The lowest BCUT2D eigenvalue weighted by Crippen LogP contribution is -2.36. The number of hydrogen-bond acceptors (Lipinski definition) is 4. The van der Waals surface area contributed by atoms with Gasteiger partial charge in [-0.05, 0) is 11.8 Å². The summed E-state index contributed by atoms with van der Waals surface area (Å²) in [5.74, 6) is -0.332. The summed E-state index contributed by atoms with van der Waals surface area (Å²) in [4.78, 5) is 31.3. The van der Waals surface area contributed by atoms with E-state index in [1.54, 1.807) is 0 Å². The maximum Gasteiger partial charge on any atom is 0.375 e. The first-order valence-electron chi connectivity index (χ1n) is 7.21. The third-order valence-corrected chi connectivity index (χ3v) is 4.20. The van der Waals surface area contributed by atoms with Crippen LogP contribution in [-0.4, -0.2) is 30.6 Å². The Kier molecular flexibility index (Phi) is 5.38. The molecule has 0 amide bonds. The lowest BCUT2D eigenvalue weighted by molar-refractivity contribution is -0.132. The number of Topliss-reactive ketones (excluding diaryl/α,β-unsaturated/α-hetero) is 1. The predicted molar refractivity (Wildman–Crippen MR) is 83.7 cm³/mol. The van der Waals surface area contributed by atoms with Gasteiger partial charge in [-0.3, -0.25) is 9.36 Å². The van der Waals surface area contributed by atoms with Gasteiger partial charge in [-0.1, -0.05) is 46.8 Å². The lowest BCUT2D eigenvalue weighted by atomic mass is 9.76. The number of nitrogens with zero attached hydrogens (tertiary/aromatic N) is 3. The summed E-state index contributed by atoms with van der Waals surface area (Å²) in [5, 5.41) is 7.31. The molecular formula is C14H26N3O4P. The number of carbonyl (C=O) groups is 1. The summed E-state index contributed by atoms with van der Waals surface area (Å²) in [6.45, 7) is 11.7. The van der Waals surface area contributed by atoms with Crippen LogP contribution in [0, 0.1) is 16.7 Å². The third kappa shape index (κ3) is 5.30. The zero-order valence-electron chi connectivity index (χ0n) is 14.1. The van der Waals surface area contributed by atoms with E-state index in [0.717, 1.165) is 10.9 Å². The molecule has 0 aliphatic rings. The van der Waals surface area contributed by atoms with Gasteiger partial charge >= 0.3 is 7.60 Å². The Morgan fingerprint density at radius 2 is 1.82 bits per heavy atom. The van der Waals surface area contributed by atoms with Gasteiger partial charge in [-0.15, -0.1) is 5.10 Å². The highest BCUT2D eigenvalue weighted by Crippen LogP contribution is 2.34. The molecule has 0 spiro atoms. The molecule has 0 unspecified atom stereocenters. The fourth-order valence-corrected chi connectivity index (χ4v) is 3.03. The molecule has 8 heteroatoms. The molecule has 0 saturated heterocycles. The van der Waals surface area contributed by atoms with E-state index >= 15 is 0 Å². The number of hydrogen-bond donors (Lipinski definition) is 2. The van der Waals surface area contributed by atoms with Gasteiger partial charge in [0, 0.05) is 11.3 Å². The Labute approximate surface area is 131 Å². The zero-order valence-corrected chi connectivity index (χ0v) is 15.0. The van der Waals surface area contributed by atoms with Crippen molar-refractivity contribution >= 4 is 18.8 Å². The second-order valence-electron chi connectivity index (χ2n) is 7.89. The summed E-state index contributed by atoms with van der Waals surface area (Å²) in [5.41, 5.74) is -0.874. The van der Waals surface area contributed by atoms with E-state index in [1.807, 2.05) is 41.5 Å². The summed E-state index contributed by atoms with van der Waals surface area (Å²) >= 11 is 0. The summed E-state index contributed by atoms with van der Waals surface area (Å²) in [6, 6.07) is 0. The molecular weight excluding hydrogens is 305 g/mol. The van der Waals surface area contributed by atoms with Gasteiger partial charge in [0.15, 0.2) is 5.44 Å². The van der Waals surface area contributed by atoms with Gasteiger partial charge in [0.1, 0.15) is 5.78 Å². The molecule has 1 atom stereocenters. The highest BCUT2D eigenvalue weighted by Gasteiger charge is 2.34. The van der Waals surface area contributed by atoms with Gasteiger partial charge < -0.3 is 9.79 Å². The fourth-order valence-electron chi connectivity index (χ4n) is 2.41. The number of ketones is 1. The van der Waals surface area contributed by atoms with Crippen molar-refractivity contribution in [3.63, 3.8) is 0 Å². The van der Waals surface area contributed by atoms with Crippen molar-refractivity contribution in [2.24, 2.45) is 16.7 Å². The molecule has 0 radical (unpaired) electrons. The second-order valence-corrected chi connectivity index (χ2v) is 9.44. The molecule has 22 heavy (non-hydrogen) atoms. The normalized spacial score (nSPS) is 14.9. The Hall–Kier alpha value is -1.04. The smallest absolute Gasteiger partial charge is 0.320 e. The van der Waals surface area contributed by atoms with E-state index in [2.05, 4.69) is 10.3 Å². The first-order valence-corrected chi connectivity index (χ1v) is 8.82. The van der Waals surface area contributed by atoms with Crippen LogP contribution in [0.3, 0.4) is 0 Å². The first-order chi connectivity index (χ1) is 9.72. The van der Waals surface area contributed by atoms with E-state index in [-0.39, 0.29) is 29.1 Å². The largest absolute Gasteiger partial charge is 0.375 e. The quantitative estimate of drug-likeness (QED) is 0.796. The number of rotatable bonds is 5. The van der Waals surface area contributed by atoms with Crippen molar-refractivity contribution in [3.8, 4) is 0 Å². The van der Waals surface area contributed by atoms with Crippen molar-refractivity contribution in [2.45, 2.75) is 54.5 Å². The van der Waals surface area contributed by atoms with Crippen molar-refractivity contribution in [2.75, 3.05) is 0 Å². The van der Waals surface area contributed by atoms with Crippen LogP contribution in [-0.2, 0) is 15.9 Å². The van der Waals surface area contributed by atoms with E-state index < -0.39 is 13.0 Å². The maximum atomic E-state index is 12.7. The van der Waals surface area contributed by atoms with Gasteiger partial charge in [-0.25, -0.2) is 4.68 Å². The first kappa shape index (κ1) is 19.0. The van der Waals surface area contributed by atoms with Gasteiger partial charge in [-0.2, -0.15) is 0 Å².